The minimum atomic E-state index is -0.255. The van der Waals surface area contributed by atoms with Gasteiger partial charge in [0, 0.05) is 13.1 Å². The number of nitrogens with one attached hydrogen (secondary N) is 2. The average Bonchev–Trinajstić information content (AvgIpc) is 2.41. The molecule has 0 radical (unpaired) electrons. The van der Waals surface area contributed by atoms with Crippen LogP contribution in [-0.4, -0.2) is 23.8 Å². The smallest absolute Gasteiger partial charge is 0.233 e. The van der Waals surface area contributed by atoms with E-state index in [1.54, 1.807) is 6.92 Å². The average molecular weight is 443 g/mol. The molecule has 1 amide bonds. The monoisotopic (exact) mass is 440 g/mol. The number of halogens is 6. The molecule has 1 aromatic carbocycles. The highest BCUT2D eigenvalue weighted by atomic mass is 79.9. The van der Waals surface area contributed by atoms with Crippen LogP contribution >= 0.6 is 73.9 Å². The van der Waals surface area contributed by atoms with E-state index in [9.17, 15) is 4.79 Å². The molecule has 0 bridgehead atoms. The van der Waals surface area contributed by atoms with Gasteiger partial charge in [0.15, 0.2) is 0 Å². The SMILES string of the molecule is C[C@H](Br)C(=O)NCCNc1c(Cl)c(Cl)c(Cl)c(Cl)c1Cl. The summed E-state index contributed by atoms with van der Waals surface area (Å²) in [6.07, 6.45) is 0. The summed E-state index contributed by atoms with van der Waals surface area (Å²) in [6.45, 7) is 2.52. The molecule has 20 heavy (non-hydrogen) atoms. The molecule has 0 spiro atoms. The number of carbonyl (C=O) groups excluding carboxylic acids is 1. The van der Waals surface area contributed by atoms with Crippen LogP contribution in [0.25, 0.3) is 0 Å². The highest BCUT2D eigenvalue weighted by molar-refractivity contribution is 9.10. The summed E-state index contributed by atoms with van der Waals surface area (Å²) in [4.78, 5) is 11.1. The van der Waals surface area contributed by atoms with Crippen LogP contribution in [0, 0.1) is 0 Å². The Morgan fingerprint density at radius 1 is 1.00 bits per heavy atom. The van der Waals surface area contributed by atoms with Gasteiger partial charge in [-0.15, -0.1) is 0 Å². The second-order valence-electron chi connectivity index (χ2n) is 3.78. The minimum Gasteiger partial charge on any atom is -0.381 e. The maximum Gasteiger partial charge on any atom is 0.233 e. The van der Waals surface area contributed by atoms with E-state index in [2.05, 4.69) is 26.6 Å². The van der Waals surface area contributed by atoms with Gasteiger partial charge in [-0.2, -0.15) is 0 Å². The van der Waals surface area contributed by atoms with E-state index in [0.717, 1.165) is 0 Å². The van der Waals surface area contributed by atoms with Gasteiger partial charge in [0.25, 0.3) is 0 Å². The topological polar surface area (TPSA) is 41.1 Å². The molecule has 2 N–H and O–H groups in total. The van der Waals surface area contributed by atoms with Crippen molar-refractivity contribution >= 4 is 85.5 Å². The van der Waals surface area contributed by atoms with Crippen LogP contribution in [-0.2, 0) is 4.79 Å². The molecular weight excluding hydrogens is 433 g/mol. The minimum absolute atomic E-state index is 0.107. The van der Waals surface area contributed by atoms with E-state index in [4.69, 9.17) is 58.0 Å². The van der Waals surface area contributed by atoms with Crippen molar-refractivity contribution < 1.29 is 4.79 Å². The molecule has 0 fully saturated rings. The van der Waals surface area contributed by atoms with Crippen molar-refractivity contribution in [3.8, 4) is 0 Å². The Morgan fingerprint density at radius 2 is 1.45 bits per heavy atom. The predicted octanol–water partition coefficient (Wildman–Crippen LogP) is 5.27. The first kappa shape index (κ1) is 18.5. The fourth-order valence-electron chi connectivity index (χ4n) is 1.27. The lowest BCUT2D eigenvalue weighted by atomic mass is 10.3. The van der Waals surface area contributed by atoms with Crippen molar-refractivity contribution in [2.75, 3.05) is 18.4 Å². The molecule has 0 aromatic heterocycles. The highest BCUT2D eigenvalue weighted by Crippen LogP contribution is 2.46. The first-order chi connectivity index (χ1) is 9.27. The van der Waals surface area contributed by atoms with Gasteiger partial charge in [0.05, 0.1) is 35.6 Å². The van der Waals surface area contributed by atoms with Crippen LogP contribution in [0.4, 0.5) is 5.69 Å². The van der Waals surface area contributed by atoms with Gasteiger partial charge in [-0.05, 0) is 6.92 Å². The van der Waals surface area contributed by atoms with Crippen molar-refractivity contribution in [2.24, 2.45) is 0 Å². The summed E-state index contributed by atoms with van der Waals surface area (Å²) in [5.74, 6) is -0.115. The lowest BCUT2D eigenvalue weighted by Gasteiger charge is -2.14. The van der Waals surface area contributed by atoms with Gasteiger partial charge >= 0.3 is 0 Å². The Labute approximate surface area is 150 Å². The third-order valence-corrected chi connectivity index (χ3v) is 4.99. The van der Waals surface area contributed by atoms with Crippen LogP contribution < -0.4 is 10.6 Å². The number of benzene rings is 1. The number of hydrogen-bond acceptors (Lipinski definition) is 2. The molecule has 1 aromatic rings. The van der Waals surface area contributed by atoms with Crippen LogP contribution in [0.2, 0.25) is 25.1 Å². The third-order valence-electron chi connectivity index (χ3n) is 2.30. The van der Waals surface area contributed by atoms with E-state index in [0.29, 0.717) is 18.8 Å². The van der Waals surface area contributed by atoms with E-state index in [1.165, 1.54) is 0 Å². The molecule has 0 aliphatic rings. The Morgan fingerprint density at radius 3 is 1.90 bits per heavy atom. The van der Waals surface area contributed by atoms with Crippen molar-refractivity contribution in [3.05, 3.63) is 25.1 Å². The van der Waals surface area contributed by atoms with Crippen molar-refractivity contribution in [1.82, 2.24) is 5.32 Å². The first-order valence-electron chi connectivity index (χ1n) is 5.44. The number of carbonyl (C=O) groups is 1. The molecular formula is C11H10BrCl5N2O. The maximum atomic E-state index is 11.3. The van der Waals surface area contributed by atoms with Crippen molar-refractivity contribution in [3.63, 3.8) is 0 Å². The van der Waals surface area contributed by atoms with Gasteiger partial charge in [-0.3, -0.25) is 4.79 Å². The van der Waals surface area contributed by atoms with Crippen LogP contribution in [0.5, 0.6) is 0 Å². The summed E-state index contributed by atoms with van der Waals surface area (Å²) >= 11 is 33.0. The second-order valence-corrected chi connectivity index (χ2v) is 7.04. The zero-order valence-corrected chi connectivity index (χ0v) is 15.5. The number of hydrogen-bond donors (Lipinski definition) is 2. The third kappa shape index (κ3) is 4.46. The molecule has 112 valence electrons. The molecule has 0 aliphatic carbocycles. The van der Waals surface area contributed by atoms with E-state index >= 15 is 0 Å². The Balaban J connectivity index is 2.72. The maximum absolute atomic E-state index is 11.3. The predicted molar refractivity (Wildman–Crippen MR) is 91.4 cm³/mol. The zero-order valence-electron chi connectivity index (χ0n) is 10.2. The molecule has 0 saturated heterocycles. The summed E-state index contributed by atoms with van der Waals surface area (Å²) in [5.41, 5.74) is 0.383. The fraction of sp³-hybridized carbons (Fsp3) is 0.364. The first-order valence-corrected chi connectivity index (χ1v) is 8.25. The lowest BCUT2D eigenvalue weighted by Crippen LogP contribution is -2.33. The quantitative estimate of drug-likeness (QED) is 0.282. The summed E-state index contributed by atoms with van der Waals surface area (Å²) in [6, 6.07) is 0. The fourth-order valence-corrected chi connectivity index (χ4v) is 2.71. The van der Waals surface area contributed by atoms with Gasteiger partial charge in [-0.1, -0.05) is 73.9 Å². The van der Waals surface area contributed by atoms with Crippen LogP contribution in [0.3, 0.4) is 0 Å². The van der Waals surface area contributed by atoms with Gasteiger partial charge in [-0.25, -0.2) is 0 Å². The Kier molecular flexibility index (Phi) is 7.53. The standard InChI is InChI=1S/C11H10BrCl5N2O/c1-4(12)11(20)19-3-2-18-10-8(16)6(14)5(13)7(15)9(10)17/h4,18H,2-3H2,1H3,(H,19,20)/t4-/m0/s1. The molecule has 1 atom stereocenters. The Bertz CT molecular complexity index is 495. The van der Waals surface area contributed by atoms with Crippen molar-refractivity contribution in [2.45, 2.75) is 11.8 Å². The normalized spacial score (nSPS) is 12.2. The lowest BCUT2D eigenvalue weighted by molar-refractivity contribution is -0.120. The number of amides is 1. The second kappa shape index (κ2) is 8.16. The zero-order chi connectivity index (χ0) is 15.4. The molecule has 1 rings (SSSR count). The largest absolute Gasteiger partial charge is 0.381 e. The molecule has 3 nitrogen and oxygen atoms in total. The molecule has 0 aliphatic heterocycles. The number of alkyl halides is 1. The van der Waals surface area contributed by atoms with E-state index < -0.39 is 0 Å². The number of rotatable bonds is 5. The summed E-state index contributed by atoms with van der Waals surface area (Å²) in [5, 5.41) is 6.40. The molecule has 0 heterocycles. The highest BCUT2D eigenvalue weighted by Gasteiger charge is 2.19. The number of anilines is 1. The van der Waals surface area contributed by atoms with Gasteiger partial charge in [0.2, 0.25) is 5.91 Å². The Hall–Kier alpha value is 0.420. The van der Waals surface area contributed by atoms with E-state index in [1.807, 2.05) is 0 Å². The molecule has 9 heteroatoms. The van der Waals surface area contributed by atoms with Gasteiger partial charge in [0.1, 0.15) is 0 Å². The van der Waals surface area contributed by atoms with Crippen LogP contribution in [0.15, 0.2) is 0 Å². The van der Waals surface area contributed by atoms with Gasteiger partial charge < -0.3 is 10.6 Å². The van der Waals surface area contributed by atoms with E-state index in [-0.39, 0.29) is 35.8 Å². The molecule has 0 saturated carbocycles. The summed E-state index contributed by atoms with van der Waals surface area (Å²) < 4.78 is 0. The summed E-state index contributed by atoms with van der Waals surface area (Å²) in [7, 11) is 0. The van der Waals surface area contributed by atoms with Crippen molar-refractivity contribution in [1.29, 1.82) is 0 Å². The molecule has 0 unspecified atom stereocenters. The van der Waals surface area contributed by atoms with Crippen LogP contribution in [0.1, 0.15) is 6.92 Å².